The Morgan fingerprint density at radius 2 is 1.54 bits per heavy atom. The maximum Gasteiger partial charge on any atom is 0.240 e. The lowest BCUT2D eigenvalue weighted by atomic mass is 10.1. The lowest BCUT2D eigenvalue weighted by Gasteiger charge is -2.27. The van der Waals surface area contributed by atoms with Gasteiger partial charge in [-0.15, -0.1) is 0 Å². The Kier molecular flexibility index (Phi) is 6.57. The monoisotopic (exact) mass is 396 g/mol. The first kappa shape index (κ1) is 20.6. The molecule has 2 aromatic rings. The molecule has 2 aromatic carbocycles. The van der Waals surface area contributed by atoms with E-state index in [9.17, 15) is 16.8 Å². The highest BCUT2D eigenvalue weighted by Gasteiger charge is 2.25. The Balaban J connectivity index is 2.09. The fourth-order valence-electron chi connectivity index (χ4n) is 2.64. The van der Waals surface area contributed by atoms with E-state index < -0.39 is 26.1 Å². The van der Waals surface area contributed by atoms with Crippen molar-refractivity contribution < 1.29 is 16.8 Å². The molecule has 0 bridgehead atoms. The molecule has 8 heteroatoms. The molecule has 1 atom stereocenters. The molecule has 0 fully saturated rings. The van der Waals surface area contributed by atoms with Crippen molar-refractivity contribution in [3.63, 3.8) is 0 Å². The second kappa shape index (κ2) is 8.30. The van der Waals surface area contributed by atoms with E-state index in [0.717, 1.165) is 17.4 Å². The molecule has 0 aliphatic carbocycles. The average Bonchev–Trinajstić information content (AvgIpc) is 2.58. The van der Waals surface area contributed by atoms with E-state index in [0.29, 0.717) is 0 Å². The summed E-state index contributed by atoms with van der Waals surface area (Å²) in [6.07, 6.45) is 1.13. The quantitative estimate of drug-likeness (QED) is 0.742. The molecule has 0 saturated carbocycles. The third-order valence-electron chi connectivity index (χ3n) is 4.10. The summed E-state index contributed by atoms with van der Waals surface area (Å²) in [4.78, 5) is 0.158. The van der Waals surface area contributed by atoms with Crippen LogP contribution in [0.15, 0.2) is 59.5 Å². The summed E-state index contributed by atoms with van der Waals surface area (Å²) >= 11 is 0. The molecule has 142 valence electrons. The largest absolute Gasteiger partial charge is 0.240 e. The Hall–Kier alpha value is -1.74. The first-order valence-electron chi connectivity index (χ1n) is 8.19. The molecule has 2 rings (SSSR count). The van der Waals surface area contributed by atoms with Gasteiger partial charge in [0.1, 0.15) is 0 Å². The third-order valence-corrected chi connectivity index (χ3v) is 6.92. The van der Waals surface area contributed by atoms with Crippen LogP contribution in [0.5, 0.6) is 0 Å². The first-order valence-corrected chi connectivity index (χ1v) is 11.5. The molecular weight excluding hydrogens is 372 g/mol. The zero-order valence-corrected chi connectivity index (χ0v) is 16.7. The molecule has 0 aliphatic rings. The normalized spacial score (nSPS) is 13.7. The van der Waals surface area contributed by atoms with Crippen LogP contribution in [0.1, 0.15) is 24.1 Å². The highest BCUT2D eigenvalue weighted by atomic mass is 32.2. The van der Waals surface area contributed by atoms with Crippen molar-refractivity contribution >= 4 is 20.0 Å². The van der Waals surface area contributed by atoms with Gasteiger partial charge in [0, 0.05) is 19.1 Å². The van der Waals surface area contributed by atoms with Gasteiger partial charge in [-0.2, -0.15) is 4.31 Å². The maximum absolute atomic E-state index is 12.3. The lowest BCUT2D eigenvalue weighted by Crippen LogP contribution is -2.39. The molecule has 1 N–H and O–H groups in total. The number of nitrogens with zero attached hydrogens (tertiary/aromatic N) is 1. The topological polar surface area (TPSA) is 83.6 Å². The summed E-state index contributed by atoms with van der Waals surface area (Å²) < 4.78 is 52.7. The maximum atomic E-state index is 12.3. The van der Waals surface area contributed by atoms with Crippen LogP contribution < -0.4 is 4.72 Å². The van der Waals surface area contributed by atoms with Gasteiger partial charge in [-0.25, -0.2) is 21.6 Å². The van der Waals surface area contributed by atoms with Gasteiger partial charge in [-0.3, -0.25) is 0 Å². The Bertz CT molecular complexity index is 925. The highest BCUT2D eigenvalue weighted by Crippen LogP contribution is 2.22. The number of benzene rings is 2. The zero-order chi connectivity index (χ0) is 19.4. The van der Waals surface area contributed by atoms with Crippen molar-refractivity contribution in [3.05, 3.63) is 65.7 Å². The summed E-state index contributed by atoms with van der Waals surface area (Å²) in [7, 11) is -7.18. The van der Waals surface area contributed by atoms with Gasteiger partial charge in [0.15, 0.2) is 0 Å². The van der Waals surface area contributed by atoms with Gasteiger partial charge < -0.3 is 0 Å². The van der Waals surface area contributed by atoms with Crippen molar-refractivity contribution in [2.24, 2.45) is 0 Å². The highest BCUT2D eigenvalue weighted by molar-refractivity contribution is 7.89. The van der Waals surface area contributed by atoms with Gasteiger partial charge >= 0.3 is 0 Å². The number of rotatable bonds is 8. The van der Waals surface area contributed by atoms with Crippen molar-refractivity contribution in [2.45, 2.75) is 24.8 Å². The van der Waals surface area contributed by atoms with Crippen molar-refractivity contribution in [2.75, 3.05) is 19.3 Å². The van der Waals surface area contributed by atoms with Crippen LogP contribution in [0, 0.1) is 6.92 Å². The summed E-state index contributed by atoms with van der Waals surface area (Å²) in [5.41, 5.74) is 1.81. The standard InChI is InChI=1S/C18H24N2O4S2/c1-15-9-11-18(12-10-15)26(23,24)19-13-14-20(25(3,21)22)16(2)17-7-5-4-6-8-17/h4-12,16,19H,13-14H2,1-3H3. The van der Waals surface area contributed by atoms with Gasteiger partial charge in [0.25, 0.3) is 0 Å². The molecule has 0 saturated heterocycles. The molecule has 0 heterocycles. The molecular formula is C18H24N2O4S2. The van der Waals surface area contributed by atoms with E-state index in [1.165, 1.54) is 16.4 Å². The molecule has 26 heavy (non-hydrogen) atoms. The Labute approximate surface area is 156 Å². The number of nitrogens with one attached hydrogen (secondary N) is 1. The van der Waals surface area contributed by atoms with E-state index in [2.05, 4.69) is 4.72 Å². The van der Waals surface area contributed by atoms with Crippen LogP contribution in [0.4, 0.5) is 0 Å². The SMILES string of the molecule is Cc1ccc(S(=O)(=O)NCCN(C(C)c2ccccc2)S(C)(=O)=O)cc1. The van der Waals surface area contributed by atoms with E-state index in [1.807, 2.05) is 37.3 Å². The second-order valence-electron chi connectivity index (χ2n) is 6.17. The Morgan fingerprint density at radius 3 is 2.08 bits per heavy atom. The molecule has 1 unspecified atom stereocenters. The minimum Gasteiger partial charge on any atom is -0.212 e. The summed E-state index contributed by atoms with van der Waals surface area (Å²) in [6.45, 7) is 3.68. The molecule has 0 aromatic heterocycles. The number of hydrogen-bond acceptors (Lipinski definition) is 4. The average molecular weight is 397 g/mol. The van der Waals surface area contributed by atoms with E-state index in [1.54, 1.807) is 19.1 Å². The van der Waals surface area contributed by atoms with Crippen LogP contribution in [-0.4, -0.2) is 40.5 Å². The third kappa shape index (κ3) is 5.38. The zero-order valence-electron chi connectivity index (χ0n) is 15.1. The van der Waals surface area contributed by atoms with Gasteiger partial charge in [-0.05, 0) is 31.5 Å². The van der Waals surface area contributed by atoms with Gasteiger partial charge in [0.05, 0.1) is 11.2 Å². The smallest absolute Gasteiger partial charge is 0.212 e. The van der Waals surface area contributed by atoms with Crippen LogP contribution in [0.25, 0.3) is 0 Å². The molecule has 0 amide bonds. The number of sulfonamides is 2. The van der Waals surface area contributed by atoms with E-state index in [-0.39, 0.29) is 18.0 Å². The van der Waals surface area contributed by atoms with Crippen LogP contribution in [0.2, 0.25) is 0 Å². The van der Waals surface area contributed by atoms with Crippen LogP contribution in [-0.2, 0) is 20.0 Å². The van der Waals surface area contributed by atoms with E-state index in [4.69, 9.17) is 0 Å². The summed E-state index contributed by atoms with van der Waals surface area (Å²) in [6, 6.07) is 15.3. The van der Waals surface area contributed by atoms with Gasteiger partial charge in [-0.1, -0.05) is 48.0 Å². The molecule has 0 radical (unpaired) electrons. The van der Waals surface area contributed by atoms with Crippen LogP contribution >= 0.6 is 0 Å². The first-order chi connectivity index (χ1) is 12.1. The summed E-state index contributed by atoms with van der Waals surface area (Å²) in [5, 5.41) is 0. The minimum atomic E-state index is -3.68. The summed E-state index contributed by atoms with van der Waals surface area (Å²) in [5.74, 6) is 0. The molecule has 6 nitrogen and oxygen atoms in total. The predicted octanol–water partition coefficient (Wildman–Crippen LogP) is 2.30. The number of aryl methyl sites for hydroxylation is 1. The lowest BCUT2D eigenvalue weighted by molar-refractivity contribution is 0.348. The fraction of sp³-hybridized carbons (Fsp3) is 0.333. The fourth-order valence-corrected chi connectivity index (χ4v) is 4.78. The Morgan fingerprint density at radius 1 is 0.962 bits per heavy atom. The molecule has 0 spiro atoms. The van der Waals surface area contributed by atoms with Crippen molar-refractivity contribution in [1.82, 2.24) is 9.03 Å². The minimum absolute atomic E-state index is 0.0134. The molecule has 0 aliphatic heterocycles. The van der Waals surface area contributed by atoms with Crippen molar-refractivity contribution in [1.29, 1.82) is 0 Å². The second-order valence-corrected chi connectivity index (χ2v) is 9.87. The number of hydrogen-bond donors (Lipinski definition) is 1. The van der Waals surface area contributed by atoms with Gasteiger partial charge in [0.2, 0.25) is 20.0 Å². The van der Waals surface area contributed by atoms with Crippen LogP contribution in [0.3, 0.4) is 0 Å². The van der Waals surface area contributed by atoms with E-state index >= 15 is 0 Å². The van der Waals surface area contributed by atoms with Crippen molar-refractivity contribution in [3.8, 4) is 0 Å². The predicted molar refractivity (Wildman–Crippen MR) is 103 cm³/mol.